The van der Waals surface area contributed by atoms with E-state index in [9.17, 15) is 13.2 Å². The van der Waals surface area contributed by atoms with E-state index in [-0.39, 0.29) is 29.3 Å². The molecule has 27 heavy (non-hydrogen) atoms. The number of hydrogen-bond acceptors (Lipinski definition) is 4. The van der Waals surface area contributed by atoms with Crippen LogP contribution in [-0.2, 0) is 16.6 Å². The molecule has 1 amide bonds. The lowest BCUT2D eigenvalue weighted by molar-refractivity contribution is 0.102. The maximum absolute atomic E-state index is 12.5. The Morgan fingerprint density at radius 2 is 1.67 bits per heavy atom. The van der Waals surface area contributed by atoms with Crippen LogP contribution in [0.5, 0.6) is 0 Å². The molecule has 0 saturated heterocycles. The van der Waals surface area contributed by atoms with Gasteiger partial charge in [-0.15, -0.1) is 12.4 Å². The van der Waals surface area contributed by atoms with Crippen LogP contribution in [0.1, 0.15) is 36.7 Å². The molecule has 2 rings (SSSR count). The molecule has 0 saturated carbocycles. The number of rotatable bonds is 8. The van der Waals surface area contributed by atoms with Crippen molar-refractivity contribution in [3.8, 4) is 0 Å². The van der Waals surface area contributed by atoms with E-state index in [1.165, 1.54) is 24.3 Å². The van der Waals surface area contributed by atoms with Crippen LogP contribution in [0.3, 0.4) is 0 Å². The molecule has 0 unspecified atom stereocenters. The molecular formula is C19H26ClN3O3S. The molecule has 0 aliphatic rings. The third-order valence-corrected chi connectivity index (χ3v) is 5.32. The largest absolute Gasteiger partial charge is 0.322 e. The van der Waals surface area contributed by atoms with Crippen molar-refractivity contribution < 1.29 is 13.2 Å². The predicted octanol–water partition coefficient (Wildman–Crippen LogP) is 3.16. The summed E-state index contributed by atoms with van der Waals surface area (Å²) >= 11 is 0. The van der Waals surface area contributed by atoms with Gasteiger partial charge in [-0.2, -0.15) is 0 Å². The van der Waals surface area contributed by atoms with Crippen LogP contribution in [0.2, 0.25) is 0 Å². The lowest BCUT2D eigenvalue weighted by Gasteiger charge is -2.12. The molecule has 0 spiro atoms. The number of para-hydroxylation sites is 1. The summed E-state index contributed by atoms with van der Waals surface area (Å²) in [4.78, 5) is 12.6. The van der Waals surface area contributed by atoms with Crippen molar-refractivity contribution in [2.45, 2.75) is 38.3 Å². The molecule has 6 nitrogen and oxygen atoms in total. The van der Waals surface area contributed by atoms with Crippen LogP contribution in [0.4, 0.5) is 5.69 Å². The number of nitrogens with one attached hydrogen (secondary N) is 3. The molecule has 0 atom stereocenters. The van der Waals surface area contributed by atoms with Gasteiger partial charge in [0.05, 0.1) is 4.90 Å². The second kappa shape index (κ2) is 10.4. The minimum atomic E-state index is -3.57. The molecule has 0 aromatic heterocycles. The van der Waals surface area contributed by atoms with Gasteiger partial charge in [0, 0.05) is 23.8 Å². The zero-order chi connectivity index (χ0) is 19.2. The van der Waals surface area contributed by atoms with Crippen molar-refractivity contribution in [1.82, 2.24) is 10.0 Å². The highest BCUT2D eigenvalue weighted by Gasteiger charge is 2.16. The highest BCUT2D eigenvalue weighted by molar-refractivity contribution is 7.89. The van der Waals surface area contributed by atoms with Gasteiger partial charge in [0.2, 0.25) is 10.0 Å². The van der Waals surface area contributed by atoms with E-state index in [2.05, 4.69) is 15.4 Å². The van der Waals surface area contributed by atoms with Crippen molar-refractivity contribution >= 4 is 34.0 Å². The highest BCUT2D eigenvalue weighted by Crippen LogP contribution is 2.17. The Kier molecular flexibility index (Phi) is 8.92. The summed E-state index contributed by atoms with van der Waals surface area (Å²) in [5, 5.41) is 6.11. The van der Waals surface area contributed by atoms with E-state index in [0.29, 0.717) is 12.1 Å². The number of anilines is 1. The number of carbonyl (C=O) groups excluding carboxylic acids is 1. The molecule has 148 valence electrons. The lowest BCUT2D eigenvalue weighted by atomic mass is 10.1. The maximum atomic E-state index is 12.5. The number of carbonyl (C=O) groups is 1. The fourth-order valence-corrected chi connectivity index (χ4v) is 3.67. The molecule has 8 heteroatoms. The Morgan fingerprint density at radius 1 is 1.04 bits per heavy atom. The normalized spacial score (nSPS) is 11.1. The average Bonchev–Trinajstić information content (AvgIpc) is 2.60. The van der Waals surface area contributed by atoms with Crippen LogP contribution in [0, 0.1) is 0 Å². The number of amides is 1. The molecule has 0 bridgehead atoms. The van der Waals surface area contributed by atoms with Crippen LogP contribution < -0.4 is 15.4 Å². The molecule has 0 heterocycles. The molecule has 0 aliphatic carbocycles. The zero-order valence-electron chi connectivity index (χ0n) is 15.7. The van der Waals surface area contributed by atoms with E-state index in [0.717, 1.165) is 17.8 Å². The molecule has 0 aliphatic heterocycles. The first-order valence-corrected chi connectivity index (χ1v) is 10.0. The van der Waals surface area contributed by atoms with Crippen molar-refractivity contribution in [2.75, 3.05) is 11.9 Å². The molecule has 3 N–H and O–H groups in total. The minimum Gasteiger partial charge on any atom is -0.322 e. The maximum Gasteiger partial charge on any atom is 0.255 e. The van der Waals surface area contributed by atoms with Gasteiger partial charge < -0.3 is 10.6 Å². The van der Waals surface area contributed by atoms with Crippen LogP contribution >= 0.6 is 12.4 Å². The second-order valence-electron chi connectivity index (χ2n) is 6.19. The summed E-state index contributed by atoms with van der Waals surface area (Å²) in [6.45, 7) is 7.02. The first kappa shape index (κ1) is 23.1. The van der Waals surface area contributed by atoms with Crippen LogP contribution in [-0.4, -0.2) is 26.9 Å². The quantitative estimate of drug-likeness (QED) is 0.622. The van der Waals surface area contributed by atoms with Gasteiger partial charge in [-0.05, 0) is 56.3 Å². The van der Waals surface area contributed by atoms with Crippen molar-refractivity contribution in [3.05, 3.63) is 59.7 Å². The average molecular weight is 412 g/mol. The van der Waals surface area contributed by atoms with E-state index in [4.69, 9.17) is 0 Å². The summed E-state index contributed by atoms with van der Waals surface area (Å²) in [6.07, 6.45) is 0. The van der Waals surface area contributed by atoms with Crippen molar-refractivity contribution in [3.63, 3.8) is 0 Å². The van der Waals surface area contributed by atoms with Gasteiger partial charge in [-0.25, -0.2) is 13.1 Å². The summed E-state index contributed by atoms with van der Waals surface area (Å²) in [5.41, 5.74) is 2.12. The van der Waals surface area contributed by atoms with Crippen molar-refractivity contribution in [1.29, 1.82) is 0 Å². The van der Waals surface area contributed by atoms with Gasteiger partial charge in [0.25, 0.3) is 5.91 Å². The van der Waals surface area contributed by atoms with Gasteiger partial charge in [0.1, 0.15) is 0 Å². The lowest BCUT2D eigenvalue weighted by Crippen LogP contribution is -2.30. The molecule has 0 fully saturated rings. The smallest absolute Gasteiger partial charge is 0.255 e. The molecule has 2 aromatic rings. The van der Waals surface area contributed by atoms with Crippen LogP contribution in [0.15, 0.2) is 53.4 Å². The minimum absolute atomic E-state index is 0. The van der Waals surface area contributed by atoms with Gasteiger partial charge in [-0.3, -0.25) is 4.79 Å². The van der Waals surface area contributed by atoms with E-state index in [1.54, 1.807) is 13.8 Å². The molecule has 2 aromatic carbocycles. The van der Waals surface area contributed by atoms with E-state index >= 15 is 0 Å². The monoisotopic (exact) mass is 411 g/mol. The summed E-state index contributed by atoms with van der Waals surface area (Å²) < 4.78 is 26.8. The first-order valence-electron chi connectivity index (χ1n) is 8.56. The number of benzene rings is 2. The SMILES string of the molecule is CCNCc1ccccc1NC(=O)c1ccc(S(=O)(=O)NC(C)C)cc1.Cl. The molecular weight excluding hydrogens is 386 g/mol. The zero-order valence-corrected chi connectivity index (χ0v) is 17.3. The third kappa shape index (κ3) is 6.62. The highest BCUT2D eigenvalue weighted by atomic mass is 35.5. The Hall–Kier alpha value is -1.93. The summed E-state index contributed by atoms with van der Waals surface area (Å²) in [5.74, 6) is -0.283. The standard InChI is InChI=1S/C19H25N3O3S.ClH/c1-4-20-13-16-7-5-6-8-18(16)21-19(23)15-9-11-17(12-10-15)26(24,25)22-14(2)3;/h5-12,14,20,22H,4,13H2,1-3H3,(H,21,23);1H. The first-order chi connectivity index (χ1) is 12.3. The molecule has 0 radical (unpaired) electrons. The fraction of sp³-hybridized carbons (Fsp3) is 0.316. The Morgan fingerprint density at radius 3 is 2.26 bits per heavy atom. The number of hydrogen-bond donors (Lipinski definition) is 3. The van der Waals surface area contributed by atoms with Crippen LogP contribution in [0.25, 0.3) is 0 Å². The third-order valence-electron chi connectivity index (χ3n) is 3.65. The number of halogens is 1. The van der Waals surface area contributed by atoms with Crippen molar-refractivity contribution in [2.24, 2.45) is 0 Å². The van der Waals surface area contributed by atoms with E-state index < -0.39 is 10.0 Å². The Balaban J connectivity index is 0.00000364. The van der Waals surface area contributed by atoms with E-state index in [1.807, 2.05) is 31.2 Å². The number of sulfonamides is 1. The Bertz CT molecular complexity index is 853. The predicted molar refractivity (Wildman–Crippen MR) is 111 cm³/mol. The fourth-order valence-electron chi connectivity index (χ4n) is 2.41. The summed E-state index contributed by atoms with van der Waals surface area (Å²) in [6, 6.07) is 13.3. The van der Waals surface area contributed by atoms with Gasteiger partial charge in [-0.1, -0.05) is 25.1 Å². The van der Waals surface area contributed by atoms with Gasteiger partial charge >= 0.3 is 0 Å². The van der Waals surface area contributed by atoms with Gasteiger partial charge in [0.15, 0.2) is 0 Å². The second-order valence-corrected chi connectivity index (χ2v) is 7.91. The Labute approximate surface area is 167 Å². The topological polar surface area (TPSA) is 87.3 Å². The summed E-state index contributed by atoms with van der Waals surface area (Å²) in [7, 11) is -3.57.